The van der Waals surface area contributed by atoms with E-state index in [0.717, 1.165) is 12.8 Å². The lowest BCUT2D eigenvalue weighted by Gasteiger charge is -2.59. The third-order valence-electron chi connectivity index (χ3n) is 7.80. The third-order valence-corrected chi connectivity index (χ3v) is 9.56. The average molecular weight is 411 g/mol. The lowest BCUT2D eigenvalue weighted by atomic mass is 9.47. The van der Waals surface area contributed by atoms with Gasteiger partial charge < -0.3 is 9.47 Å². The highest BCUT2D eigenvalue weighted by Crippen LogP contribution is 2.61. The Kier molecular flexibility index (Phi) is 5.79. The number of sulfone groups is 1. The number of ether oxygens (including phenoxy) is 2. The smallest absolute Gasteiger partial charge is 0.178 e. The highest BCUT2D eigenvalue weighted by molar-refractivity contribution is 7.91. The molecule has 1 aromatic carbocycles. The van der Waals surface area contributed by atoms with Crippen LogP contribution in [-0.2, 0) is 9.84 Å². The average Bonchev–Trinajstić information content (AvgIpc) is 2.63. The molecule has 2 aliphatic carbocycles. The van der Waals surface area contributed by atoms with Gasteiger partial charge in [0, 0.05) is 7.49 Å². The van der Waals surface area contributed by atoms with Gasteiger partial charge in [-0.05, 0) is 60.0 Å². The summed E-state index contributed by atoms with van der Waals surface area (Å²) < 4.78 is 37.5. The summed E-state index contributed by atoms with van der Waals surface area (Å²) in [6.07, 6.45) is 5.90. The molecule has 28 heavy (non-hydrogen) atoms. The van der Waals surface area contributed by atoms with Gasteiger partial charge in [-0.3, -0.25) is 0 Å². The summed E-state index contributed by atoms with van der Waals surface area (Å²) in [5, 5.41) is 0. The molecular formula is C23H38O4S. The first-order valence-electron chi connectivity index (χ1n) is 10.5. The van der Waals surface area contributed by atoms with E-state index in [1.54, 1.807) is 32.4 Å². The van der Waals surface area contributed by atoms with Gasteiger partial charge in [-0.15, -0.1) is 0 Å². The molecule has 0 bridgehead atoms. The first-order valence-corrected chi connectivity index (χ1v) is 12.1. The van der Waals surface area contributed by atoms with Crippen LogP contribution in [0.5, 0.6) is 11.5 Å². The number of fused-ring (bicyclic) bond motifs is 1. The molecule has 0 aromatic heterocycles. The fourth-order valence-corrected chi connectivity index (χ4v) is 8.23. The van der Waals surface area contributed by atoms with Crippen LogP contribution in [0.2, 0.25) is 0 Å². The van der Waals surface area contributed by atoms with Crippen LogP contribution < -0.4 is 9.47 Å². The fraction of sp³-hybridized carbons (Fsp3) is 0.739. The van der Waals surface area contributed by atoms with Crippen LogP contribution >= 0.6 is 0 Å². The van der Waals surface area contributed by atoms with E-state index in [9.17, 15) is 8.42 Å². The molecule has 0 spiro atoms. The van der Waals surface area contributed by atoms with Crippen molar-refractivity contribution >= 4 is 9.84 Å². The standard InChI is InChI=1S/C23H36O4S.H2/c1-16-8-9-21-22(2,3)10-7-11-23(21,4)20(16)15-28(24,25)19-13-17(26-5)12-18(14-19)27-6;/h12-14,16,20-21H,7-11,15H2,1-6H3;1H/t16-,20-,21?,23+;/m0./s1. The van der Waals surface area contributed by atoms with Gasteiger partial charge in [0.05, 0.1) is 24.9 Å². The van der Waals surface area contributed by atoms with Gasteiger partial charge in [0.25, 0.3) is 0 Å². The molecule has 1 unspecified atom stereocenters. The summed E-state index contributed by atoms with van der Waals surface area (Å²) in [5.74, 6) is 2.40. The Morgan fingerprint density at radius 1 is 1.04 bits per heavy atom. The molecule has 3 rings (SSSR count). The summed E-state index contributed by atoms with van der Waals surface area (Å²) in [6.45, 7) is 9.36. The van der Waals surface area contributed by atoms with Crippen molar-refractivity contribution in [2.24, 2.45) is 28.6 Å². The maximum absolute atomic E-state index is 13.4. The van der Waals surface area contributed by atoms with Crippen LogP contribution in [0.15, 0.2) is 23.1 Å². The van der Waals surface area contributed by atoms with Gasteiger partial charge in [0.15, 0.2) is 9.84 Å². The first-order chi connectivity index (χ1) is 13.0. The molecule has 4 nitrogen and oxygen atoms in total. The van der Waals surface area contributed by atoms with Gasteiger partial charge in [-0.2, -0.15) is 0 Å². The maximum atomic E-state index is 13.4. The van der Waals surface area contributed by atoms with Crippen molar-refractivity contribution in [3.8, 4) is 11.5 Å². The molecule has 1 aromatic rings. The molecule has 0 radical (unpaired) electrons. The minimum atomic E-state index is -3.44. The van der Waals surface area contributed by atoms with Crippen molar-refractivity contribution in [1.82, 2.24) is 0 Å². The van der Waals surface area contributed by atoms with Crippen LogP contribution in [0.3, 0.4) is 0 Å². The largest absolute Gasteiger partial charge is 0.497 e. The molecule has 4 atom stereocenters. The van der Waals surface area contributed by atoms with Crippen LogP contribution in [-0.4, -0.2) is 28.4 Å². The van der Waals surface area contributed by atoms with E-state index in [1.165, 1.54) is 19.3 Å². The van der Waals surface area contributed by atoms with E-state index in [2.05, 4.69) is 27.7 Å². The van der Waals surface area contributed by atoms with Gasteiger partial charge in [-0.1, -0.05) is 40.5 Å². The van der Waals surface area contributed by atoms with Crippen molar-refractivity contribution in [2.45, 2.75) is 64.7 Å². The molecule has 0 heterocycles. The van der Waals surface area contributed by atoms with E-state index in [-0.39, 0.29) is 23.9 Å². The van der Waals surface area contributed by atoms with Crippen molar-refractivity contribution in [2.75, 3.05) is 20.0 Å². The van der Waals surface area contributed by atoms with Crippen LogP contribution in [0, 0.1) is 28.6 Å². The number of hydrogen-bond acceptors (Lipinski definition) is 4. The molecule has 2 fully saturated rings. The Labute approximate surface area is 172 Å². The van der Waals surface area contributed by atoms with Crippen molar-refractivity contribution in [1.29, 1.82) is 0 Å². The molecule has 0 N–H and O–H groups in total. The van der Waals surface area contributed by atoms with Gasteiger partial charge in [0.1, 0.15) is 11.5 Å². The summed E-state index contributed by atoms with van der Waals surface area (Å²) in [7, 11) is -0.352. The molecular weight excluding hydrogens is 372 g/mol. The van der Waals surface area contributed by atoms with Crippen molar-refractivity contribution in [3.63, 3.8) is 0 Å². The Bertz CT molecular complexity index is 798. The normalized spacial score (nSPS) is 32.4. The third kappa shape index (κ3) is 3.79. The minimum Gasteiger partial charge on any atom is -0.497 e. The minimum absolute atomic E-state index is 0. The Morgan fingerprint density at radius 3 is 2.21 bits per heavy atom. The van der Waals surface area contributed by atoms with E-state index < -0.39 is 9.84 Å². The second-order valence-corrected chi connectivity index (χ2v) is 11.9. The quantitative estimate of drug-likeness (QED) is 0.634. The van der Waals surface area contributed by atoms with E-state index in [0.29, 0.717) is 28.2 Å². The lowest BCUT2D eigenvalue weighted by Crippen LogP contribution is -2.52. The van der Waals surface area contributed by atoms with Crippen LogP contribution in [0.25, 0.3) is 0 Å². The van der Waals surface area contributed by atoms with E-state index >= 15 is 0 Å². The zero-order valence-electron chi connectivity index (χ0n) is 18.2. The molecule has 0 saturated heterocycles. The van der Waals surface area contributed by atoms with Gasteiger partial charge in [0.2, 0.25) is 0 Å². The number of methoxy groups -OCH3 is 2. The predicted octanol–water partition coefficient (Wildman–Crippen LogP) is 5.60. The number of hydrogen-bond donors (Lipinski definition) is 0. The zero-order chi connectivity index (χ0) is 20.7. The van der Waals surface area contributed by atoms with E-state index in [4.69, 9.17) is 9.47 Å². The highest BCUT2D eigenvalue weighted by atomic mass is 32.2. The maximum Gasteiger partial charge on any atom is 0.178 e. The highest BCUT2D eigenvalue weighted by Gasteiger charge is 2.54. The second-order valence-electron chi connectivity index (χ2n) is 9.89. The molecule has 160 valence electrons. The second kappa shape index (κ2) is 7.55. The fourth-order valence-electron chi connectivity index (χ4n) is 6.26. The molecule has 2 saturated carbocycles. The van der Waals surface area contributed by atoms with Gasteiger partial charge in [-0.25, -0.2) is 8.42 Å². The zero-order valence-corrected chi connectivity index (χ0v) is 19.1. The van der Waals surface area contributed by atoms with Crippen LogP contribution in [0.1, 0.15) is 61.2 Å². The first kappa shape index (κ1) is 21.5. The molecule has 0 amide bonds. The summed E-state index contributed by atoms with van der Waals surface area (Å²) in [4.78, 5) is 0.302. The number of benzene rings is 1. The van der Waals surface area contributed by atoms with E-state index in [1.807, 2.05) is 0 Å². The molecule has 2 aliphatic rings. The topological polar surface area (TPSA) is 52.6 Å². The molecule has 5 heteroatoms. The number of rotatable bonds is 5. The Balaban J connectivity index is 0.00000300. The molecule has 0 aliphatic heterocycles. The van der Waals surface area contributed by atoms with Crippen molar-refractivity contribution < 1.29 is 19.3 Å². The summed E-state index contributed by atoms with van der Waals surface area (Å²) in [5.41, 5.74) is 0.365. The van der Waals surface area contributed by atoms with Gasteiger partial charge >= 0.3 is 0 Å². The Morgan fingerprint density at radius 2 is 1.64 bits per heavy atom. The van der Waals surface area contributed by atoms with Crippen molar-refractivity contribution in [3.05, 3.63) is 18.2 Å². The SMILES string of the molecule is COc1cc(OC)cc(S(=O)(=O)C[C@H]2[C@@H](C)CCC3C(C)(C)CCC[C@@]32C)c1.[HH]. The summed E-state index contributed by atoms with van der Waals surface area (Å²) in [6, 6.07) is 4.95. The summed E-state index contributed by atoms with van der Waals surface area (Å²) >= 11 is 0. The van der Waals surface area contributed by atoms with Crippen LogP contribution in [0.4, 0.5) is 0 Å². The lowest BCUT2D eigenvalue weighted by molar-refractivity contribution is -0.0855. The monoisotopic (exact) mass is 410 g/mol. The Hall–Kier alpha value is -1.23. The predicted molar refractivity (Wildman–Crippen MR) is 115 cm³/mol.